The molecule has 1 amide bonds. The summed E-state index contributed by atoms with van der Waals surface area (Å²) in [7, 11) is 3.23. The Bertz CT molecular complexity index is 999. The van der Waals surface area contributed by atoms with Crippen LogP contribution in [0.2, 0.25) is 0 Å². The number of rotatable bonds is 4. The van der Waals surface area contributed by atoms with Crippen molar-refractivity contribution in [2.45, 2.75) is 0 Å². The number of hydrogen-bond acceptors (Lipinski definition) is 7. The molecule has 9 heteroatoms. The van der Waals surface area contributed by atoms with Gasteiger partial charge in [-0.25, -0.2) is 15.0 Å². The molecule has 0 saturated carbocycles. The Kier molecular flexibility index (Phi) is 4.61. The Hall–Kier alpha value is -3.75. The minimum atomic E-state index is -0.312. The van der Waals surface area contributed by atoms with Crippen LogP contribution >= 0.6 is 0 Å². The van der Waals surface area contributed by atoms with Crippen LogP contribution in [-0.2, 0) is 0 Å². The van der Waals surface area contributed by atoms with Gasteiger partial charge in [-0.1, -0.05) is 0 Å². The molecule has 0 bridgehead atoms. The van der Waals surface area contributed by atoms with Crippen LogP contribution in [0.4, 0.5) is 0 Å². The van der Waals surface area contributed by atoms with E-state index >= 15 is 0 Å². The van der Waals surface area contributed by atoms with Crippen LogP contribution in [0.5, 0.6) is 17.4 Å². The average Bonchev–Trinajstić information content (AvgIpc) is 2.61. The van der Waals surface area contributed by atoms with Crippen molar-refractivity contribution in [3.05, 3.63) is 58.9 Å². The van der Waals surface area contributed by atoms with E-state index in [1.54, 1.807) is 20.2 Å². The van der Waals surface area contributed by atoms with E-state index in [2.05, 4.69) is 19.9 Å². The van der Waals surface area contributed by atoms with Gasteiger partial charge in [0.05, 0.1) is 12.4 Å². The molecule has 2 aromatic heterocycles. The van der Waals surface area contributed by atoms with Gasteiger partial charge in [0.2, 0.25) is 5.88 Å². The fourth-order valence-corrected chi connectivity index (χ4v) is 2.13. The molecule has 0 unspecified atom stereocenters. The Morgan fingerprint density at radius 1 is 1.15 bits per heavy atom. The molecule has 3 rings (SSSR count). The topological polar surface area (TPSA) is 121 Å². The highest BCUT2D eigenvalue weighted by Crippen LogP contribution is 2.29. The van der Waals surface area contributed by atoms with E-state index in [1.807, 2.05) is 0 Å². The molecule has 0 aliphatic carbocycles. The van der Waals surface area contributed by atoms with E-state index in [9.17, 15) is 14.7 Å². The highest BCUT2D eigenvalue weighted by atomic mass is 16.5. The summed E-state index contributed by atoms with van der Waals surface area (Å²) < 4.78 is 5.57. The van der Waals surface area contributed by atoms with Crippen LogP contribution < -0.4 is 10.3 Å². The quantitative estimate of drug-likeness (QED) is 0.727. The predicted molar refractivity (Wildman–Crippen MR) is 92.1 cm³/mol. The number of aromatic nitrogens is 4. The van der Waals surface area contributed by atoms with Crippen LogP contribution in [0, 0.1) is 0 Å². The SMILES string of the molecule is CN(C)C(=O)c1cnc(Oc2cc(O)cc(-c3nccc(=O)[nH]3)c2)cn1. The number of carbonyl (C=O) groups is 1. The van der Waals surface area contributed by atoms with Gasteiger partial charge in [0.25, 0.3) is 11.5 Å². The predicted octanol–water partition coefficient (Wildman–Crippen LogP) is 1.43. The van der Waals surface area contributed by atoms with Crippen LogP contribution in [-0.4, -0.2) is 49.9 Å². The molecular formula is C17H15N5O4. The Balaban J connectivity index is 1.86. The molecule has 3 aromatic rings. The zero-order chi connectivity index (χ0) is 18.7. The summed E-state index contributed by atoms with van der Waals surface area (Å²) in [5.74, 6) is 0.356. The molecule has 132 valence electrons. The molecule has 2 heterocycles. The molecule has 0 aliphatic heterocycles. The largest absolute Gasteiger partial charge is 0.508 e. The van der Waals surface area contributed by atoms with Crippen molar-refractivity contribution in [3.8, 4) is 28.8 Å². The number of carbonyl (C=O) groups excluding carboxylic acids is 1. The second-order valence-corrected chi connectivity index (χ2v) is 5.54. The summed E-state index contributed by atoms with van der Waals surface area (Å²) in [5, 5.41) is 9.89. The minimum Gasteiger partial charge on any atom is -0.508 e. The fourth-order valence-electron chi connectivity index (χ4n) is 2.13. The molecule has 9 nitrogen and oxygen atoms in total. The molecule has 0 atom stereocenters. The summed E-state index contributed by atoms with van der Waals surface area (Å²) in [4.78, 5) is 39.3. The van der Waals surface area contributed by atoms with Crippen molar-refractivity contribution in [2.75, 3.05) is 14.1 Å². The molecular weight excluding hydrogens is 338 g/mol. The molecule has 0 spiro atoms. The van der Waals surface area contributed by atoms with E-state index < -0.39 is 0 Å². The van der Waals surface area contributed by atoms with Crippen molar-refractivity contribution in [1.29, 1.82) is 0 Å². The molecule has 1 aromatic carbocycles. The monoisotopic (exact) mass is 353 g/mol. The van der Waals surface area contributed by atoms with Crippen LogP contribution in [0.15, 0.2) is 47.7 Å². The Morgan fingerprint density at radius 3 is 2.62 bits per heavy atom. The van der Waals surface area contributed by atoms with E-state index in [4.69, 9.17) is 4.74 Å². The number of amides is 1. The van der Waals surface area contributed by atoms with Crippen molar-refractivity contribution >= 4 is 5.91 Å². The van der Waals surface area contributed by atoms with E-state index in [-0.39, 0.29) is 40.4 Å². The number of aromatic hydroxyl groups is 1. The number of ether oxygens (including phenoxy) is 1. The fraction of sp³-hybridized carbons (Fsp3) is 0.118. The van der Waals surface area contributed by atoms with Gasteiger partial charge in [0.1, 0.15) is 23.0 Å². The highest BCUT2D eigenvalue weighted by molar-refractivity contribution is 5.91. The maximum Gasteiger partial charge on any atom is 0.273 e. The maximum absolute atomic E-state index is 11.8. The average molecular weight is 353 g/mol. The molecule has 0 fully saturated rings. The van der Waals surface area contributed by atoms with Crippen molar-refractivity contribution in [1.82, 2.24) is 24.8 Å². The number of H-pyrrole nitrogens is 1. The van der Waals surface area contributed by atoms with Gasteiger partial charge < -0.3 is 19.7 Å². The van der Waals surface area contributed by atoms with Crippen LogP contribution in [0.3, 0.4) is 0 Å². The summed E-state index contributed by atoms with van der Waals surface area (Å²) in [5.41, 5.74) is 0.336. The molecule has 0 aliphatic rings. The first-order valence-corrected chi connectivity index (χ1v) is 7.53. The number of nitrogens with zero attached hydrogens (tertiary/aromatic N) is 4. The third kappa shape index (κ3) is 3.83. The summed E-state index contributed by atoms with van der Waals surface area (Å²) in [6.07, 6.45) is 3.98. The Labute approximate surface area is 148 Å². The number of phenolic OH excluding ortho intramolecular Hbond substituents is 1. The lowest BCUT2D eigenvalue weighted by Gasteiger charge is -2.10. The van der Waals surface area contributed by atoms with Crippen molar-refractivity contribution in [3.63, 3.8) is 0 Å². The normalized spacial score (nSPS) is 10.4. The van der Waals surface area contributed by atoms with E-state index in [0.29, 0.717) is 5.56 Å². The van der Waals surface area contributed by atoms with Crippen molar-refractivity contribution in [2.24, 2.45) is 0 Å². The smallest absolute Gasteiger partial charge is 0.273 e. The number of benzene rings is 1. The van der Waals surface area contributed by atoms with E-state index in [0.717, 1.165) is 0 Å². The molecule has 0 saturated heterocycles. The van der Waals surface area contributed by atoms with Gasteiger partial charge in [-0.2, -0.15) is 0 Å². The number of aromatic amines is 1. The number of hydrogen-bond donors (Lipinski definition) is 2. The molecule has 0 radical (unpaired) electrons. The molecule has 26 heavy (non-hydrogen) atoms. The number of nitrogens with one attached hydrogen (secondary N) is 1. The third-order valence-electron chi connectivity index (χ3n) is 3.31. The Morgan fingerprint density at radius 2 is 1.96 bits per heavy atom. The first-order chi connectivity index (χ1) is 12.4. The van der Waals surface area contributed by atoms with Gasteiger partial charge in [-0.15, -0.1) is 0 Å². The first kappa shape index (κ1) is 17.1. The third-order valence-corrected chi connectivity index (χ3v) is 3.31. The van der Waals surface area contributed by atoms with Gasteiger partial charge in [-0.3, -0.25) is 9.59 Å². The lowest BCUT2D eigenvalue weighted by molar-refractivity contribution is 0.0821. The summed E-state index contributed by atoms with van der Waals surface area (Å²) in [6.45, 7) is 0. The van der Waals surface area contributed by atoms with Gasteiger partial charge in [0, 0.05) is 38.0 Å². The zero-order valence-corrected chi connectivity index (χ0v) is 14.0. The van der Waals surface area contributed by atoms with Gasteiger partial charge in [0.15, 0.2) is 0 Å². The summed E-state index contributed by atoms with van der Waals surface area (Å²) >= 11 is 0. The van der Waals surface area contributed by atoms with Gasteiger partial charge in [-0.05, 0) is 12.1 Å². The lowest BCUT2D eigenvalue weighted by atomic mass is 10.2. The highest BCUT2D eigenvalue weighted by Gasteiger charge is 2.11. The second-order valence-electron chi connectivity index (χ2n) is 5.54. The van der Waals surface area contributed by atoms with Crippen LogP contribution in [0.25, 0.3) is 11.4 Å². The van der Waals surface area contributed by atoms with Crippen LogP contribution in [0.1, 0.15) is 10.5 Å². The van der Waals surface area contributed by atoms with Crippen molar-refractivity contribution < 1.29 is 14.6 Å². The van der Waals surface area contributed by atoms with Gasteiger partial charge >= 0.3 is 0 Å². The zero-order valence-electron chi connectivity index (χ0n) is 14.0. The van der Waals surface area contributed by atoms with E-state index in [1.165, 1.54) is 41.7 Å². The minimum absolute atomic E-state index is 0.0728. The second kappa shape index (κ2) is 7.01. The number of phenols is 1. The maximum atomic E-state index is 11.8. The lowest BCUT2D eigenvalue weighted by Crippen LogP contribution is -2.22. The standard InChI is InChI=1S/C17H15N5O4/c1-22(2)17(25)13-8-20-15(9-19-13)26-12-6-10(5-11(23)7-12)16-18-4-3-14(24)21-16/h3-9,23H,1-2H3,(H,18,21,24). The molecule has 2 N–H and O–H groups in total. The summed E-state index contributed by atoms with van der Waals surface area (Å²) in [6, 6.07) is 5.69. The first-order valence-electron chi connectivity index (χ1n) is 7.53.